The summed E-state index contributed by atoms with van der Waals surface area (Å²) in [5.41, 5.74) is 0.534. The molecule has 1 atom stereocenters. The SMILES string of the molecule is CC(C)CCNCC(C)N1CCC(C)(C)C1. The zero-order chi connectivity index (χ0) is 12.2. The van der Waals surface area contributed by atoms with Gasteiger partial charge in [-0.15, -0.1) is 0 Å². The fourth-order valence-corrected chi connectivity index (χ4v) is 2.36. The van der Waals surface area contributed by atoms with Crippen LogP contribution in [0.5, 0.6) is 0 Å². The summed E-state index contributed by atoms with van der Waals surface area (Å²) < 4.78 is 0. The standard InChI is InChI=1S/C14H30N2/c1-12(2)6-8-15-10-13(3)16-9-7-14(4,5)11-16/h12-13,15H,6-11H2,1-5H3. The highest BCUT2D eigenvalue weighted by molar-refractivity contribution is 4.85. The molecule has 0 aromatic heterocycles. The Hall–Kier alpha value is -0.0800. The van der Waals surface area contributed by atoms with Gasteiger partial charge in [-0.2, -0.15) is 0 Å². The van der Waals surface area contributed by atoms with Gasteiger partial charge >= 0.3 is 0 Å². The van der Waals surface area contributed by atoms with E-state index in [0.717, 1.165) is 12.5 Å². The number of rotatable bonds is 6. The second kappa shape index (κ2) is 6.02. The van der Waals surface area contributed by atoms with Gasteiger partial charge in [0.15, 0.2) is 0 Å². The van der Waals surface area contributed by atoms with E-state index in [-0.39, 0.29) is 0 Å². The van der Waals surface area contributed by atoms with E-state index in [1.54, 1.807) is 0 Å². The molecule has 1 aliphatic rings. The molecule has 1 fully saturated rings. The van der Waals surface area contributed by atoms with E-state index in [2.05, 4.69) is 44.8 Å². The van der Waals surface area contributed by atoms with Crippen molar-refractivity contribution in [1.82, 2.24) is 10.2 Å². The van der Waals surface area contributed by atoms with E-state index in [9.17, 15) is 0 Å². The molecule has 16 heavy (non-hydrogen) atoms. The summed E-state index contributed by atoms with van der Waals surface area (Å²) in [4.78, 5) is 2.63. The summed E-state index contributed by atoms with van der Waals surface area (Å²) in [6.45, 7) is 16.5. The van der Waals surface area contributed by atoms with Crippen molar-refractivity contribution in [2.45, 2.75) is 53.5 Å². The summed E-state index contributed by atoms with van der Waals surface area (Å²) >= 11 is 0. The quantitative estimate of drug-likeness (QED) is 0.701. The van der Waals surface area contributed by atoms with Crippen molar-refractivity contribution < 1.29 is 0 Å². The molecule has 1 rings (SSSR count). The Morgan fingerprint density at radius 2 is 1.94 bits per heavy atom. The minimum absolute atomic E-state index is 0.534. The fourth-order valence-electron chi connectivity index (χ4n) is 2.36. The number of hydrogen-bond acceptors (Lipinski definition) is 2. The van der Waals surface area contributed by atoms with Crippen molar-refractivity contribution in [2.75, 3.05) is 26.2 Å². The highest BCUT2D eigenvalue weighted by Gasteiger charge is 2.31. The van der Waals surface area contributed by atoms with Crippen LogP contribution in [-0.2, 0) is 0 Å². The minimum atomic E-state index is 0.534. The van der Waals surface area contributed by atoms with Gasteiger partial charge in [-0.1, -0.05) is 27.7 Å². The second-order valence-electron chi connectivity index (χ2n) is 6.62. The van der Waals surface area contributed by atoms with Gasteiger partial charge in [0.25, 0.3) is 0 Å². The third-order valence-electron chi connectivity index (χ3n) is 3.67. The summed E-state index contributed by atoms with van der Waals surface area (Å²) in [7, 11) is 0. The average molecular weight is 226 g/mol. The van der Waals surface area contributed by atoms with Crippen LogP contribution in [0.15, 0.2) is 0 Å². The molecular formula is C14H30N2. The normalized spacial score (nSPS) is 22.9. The van der Waals surface area contributed by atoms with Crippen LogP contribution in [0.4, 0.5) is 0 Å². The maximum absolute atomic E-state index is 3.58. The van der Waals surface area contributed by atoms with Gasteiger partial charge in [-0.05, 0) is 44.2 Å². The van der Waals surface area contributed by atoms with E-state index in [4.69, 9.17) is 0 Å². The zero-order valence-corrected chi connectivity index (χ0v) is 11.8. The van der Waals surface area contributed by atoms with E-state index < -0.39 is 0 Å². The maximum Gasteiger partial charge on any atom is 0.0192 e. The molecule has 1 aliphatic heterocycles. The Morgan fingerprint density at radius 3 is 2.44 bits per heavy atom. The molecule has 1 unspecified atom stereocenters. The van der Waals surface area contributed by atoms with Crippen molar-refractivity contribution in [3.63, 3.8) is 0 Å². The van der Waals surface area contributed by atoms with Gasteiger partial charge in [0.2, 0.25) is 0 Å². The largest absolute Gasteiger partial charge is 0.315 e. The summed E-state index contributed by atoms with van der Waals surface area (Å²) in [6, 6.07) is 0.689. The third kappa shape index (κ3) is 4.84. The lowest BCUT2D eigenvalue weighted by molar-refractivity contribution is 0.224. The van der Waals surface area contributed by atoms with Crippen LogP contribution in [0.3, 0.4) is 0 Å². The van der Waals surface area contributed by atoms with Crippen LogP contribution in [0.1, 0.15) is 47.5 Å². The third-order valence-corrected chi connectivity index (χ3v) is 3.67. The van der Waals surface area contributed by atoms with E-state index in [1.165, 1.54) is 32.5 Å². The average Bonchev–Trinajstić information content (AvgIpc) is 2.53. The predicted octanol–water partition coefficient (Wildman–Crippen LogP) is 2.74. The highest BCUT2D eigenvalue weighted by Crippen LogP contribution is 2.29. The van der Waals surface area contributed by atoms with Crippen LogP contribution in [0, 0.1) is 11.3 Å². The molecule has 0 spiro atoms. The highest BCUT2D eigenvalue weighted by atomic mass is 15.2. The first-order valence-electron chi connectivity index (χ1n) is 6.85. The number of hydrogen-bond donors (Lipinski definition) is 1. The molecule has 0 aliphatic carbocycles. The first-order valence-corrected chi connectivity index (χ1v) is 6.85. The first-order chi connectivity index (χ1) is 7.41. The molecule has 1 N–H and O–H groups in total. The Balaban J connectivity index is 2.14. The van der Waals surface area contributed by atoms with E-state index in [1.807, 2.05) is 0 Å². The Morgan fingerprint density at radius 1 is 1.25 bits per heavy atom. The van der Waals surface area contributed by atoms with Crippen molar-refractivity contribution in [3.05, 3.63) is 0 Å². The lowest BCUT2D eigenvalue weighted by atomic mass is 9.93. The van der Waals surface area contributed by atoms with Crippen LogP contribution in [-0.4, -0.2) is 37.1 Å². The minimum Gasteiger partial charge on any atom is -0.315 e. The molecule has 2 heteroatoms. The van der Waals surface area contributed by atoms with Gasteiger partial charge in [-0.25, -0.2) is 0 Å². The topological polar surface area (TPSA) is 15.3 Å². The monoisotopic (exact) mass is 226 g/mol. The molecule has 0 saturated carbocycles. The van der Waals surface area contributed by atoms with Crippen molar-refractivity contribution >= 4 is 0 Å². The molecule has 1 saturated heterocycles. The van der Waals surface area contributed by atoms with E-state index >= 15 is 0 Å². The van der Waals surface area contributed by atoms with Gasteiger partial charge in [-0.3, -0.25) is 4.90 Å². The molecule has 1 heterocycles. The summed E-state index contributed by atoms with van der Waals surface area (Å²) in [5.74, 6) is 0.813. The Kier molecular flexibility index (Phi) is 5.26. The van der Waals surface area contributed by atoms with Crippen LogP contribution in [0.2, 0.25) is 0 Å². The summed E-state index contributed by atoms with van der Waals surface area (Å²) in [5, 5.41) is 3.58. The molecule has 0 radical (unpaired) electrons. The Labute approximate surface area is 102 Å². The molecule has 96 valence electrons. The van der Waals surface area contributed by atoms with Crippen LogP contribution >= 0.6 is 0 Å². The van der Waals surface area contributed by atoms with E-state index in [0.29, 0.717) is 11.5 Å². The summed E-state index contributed by atoms with van der Waals surface area (Å²) in [6.07, 6.45) is 2.64. The maximum atomic E-state index is 3.58. The fraction of sp³-hybridized carbons (Fsp3) is 1.00. The predicted molar refractivity (Wildman–Crippen MR) is 71.8 cm³/mol. The smallest absolute Gasteiger partial charge is 0.0192 e. The molecular weight excluding hydrogens is 196 g/mol. The molecule has 2 nitrogen and oxygen atoms in total. The van der Waals surface area contributed by atoms with Gasteiger partial charge in [0.05, 0.1) is 0 Å². The number of nitrogens with one attached hydrogen (secondary N) is 1. The zero-order valence-electron chi connectivity index (χ0n) is 11.8. The second-order valence-corrected chi connectivity index (χ2v) is 6.62. The first kappa shape index (κ1) is 14.0. The Bertz CT molecular complexity index is 199. The lowest BCUT2D eigenvalue weighted by Crippen LogP contribution is -2.40. The van der Waals surface area contributed by atoms with Crippen molar-refractivity contribution in [3.8, 4) is 0 Å². The van der Waals surface area contributed by atoms with Crippen LogP contribution < -0.4 is 5.32 Å². The van der Waals surface area contributed by atoms with Crippen molar-refractivity contribution in [1.29, 1.82) is 0 Å². The molecule has 0 bridgehead atoms. The van der Waals surface area contributed by atoms with Gasteiger partial charge < -0.3 is 5.32 Å². The number of nitrogens with zero attached hydrogens (tertiary/aromatic N) is 1. The lowest BCUT2D eigenvalue weighted by Gasteiger charge is -2.26. The molecule has 0 amide bonds. The molecule has 0 aromatic rings. The molecule has 0 aromatic carbocycles. The van der Waals surface area contributed by atoms with Crippen molar-refractivity contribution in [2.24, 2.45) is 11.3 Å². The van der Waals surface area contributed by atoms with Gasteiger partial charge in [0.1, 0.15) is 0 Å². The number of likely N-dealkylation sites (tertiary alicyclic amines) is 1. The van der Waals surface area contributed by atoms with Gasteiger partial charge in [0, 0.05) is 19.1 Å². The van der Waals surface area contributed by atoms with Crippen LogP contribution in [0.25, 0.3) is 0 Å².